The predicted molar refractivity (Wildman–Crippen MR) is 78.5 cm³/mol. The average molecular weight is 297 g/mol. The molecule has 2 N–H and O–H groups in total. The van der Waals surface area contributed by atoms with Gasteiger partial charge in [-0.1, -0.05) is 20.3 Å². The maximum Gasteiger partial charge on any atom is 0.244 e. The van der Waals surface area contributed by atoms with E-state index in [1.54, 1.807) is 16.4 Å². The van der Waals surface area contributed by atoms with Crippen molar-refractivity contribution in [2.24, 2.45) is 11.1 Å². The lowest BCUT2D eigenvalue weighted by Gasteiger charge is -2.38. The second-order valence-corrected chi connectivity index (χ2v) is 7.70. The van der Waals surface area contributed by atoms with E-state index in [2.05, 4.69) is 18.8 Å². The molecule has 1 aliphatic heterocycles. The van der Waals surface area contributed by atoms with Gasteiger partial charge in [0, 0.05) is 25.8 Å². The molecule has 1 aliphatic rings. The summed E-state index contributed by atoms with van der Waals surface area (Å²) < 4.78 is 26.7. The van der Waals surface area contributed by atoms with Crippen LogP contribution in [0.1, 0.15) is 38.8 Å². The Bertz CT molecular complexity index is 546. The molecule has 0 unspecified atom stereocenters. The molecular formula is C14H23N3O2S. The van der Waals surface area contributed by atoms with E-state index >= 15 is 0 Å². The van der Waals surface area contributed by atoms with E-state index in [-0.39, 0.29) is 10.3 Å². The fraction of sp³-hybridized carbons (Fsp3) is 0.643. The highest BCUT2D eigenvalue weighted by Crippen LogP contribution is 2.35. The van der Waals surface area contributed by atoms with Crippen molar-refractivity contribution in [3.63, 3.8) is 0 Å². The number of rotatable bonds is 4. The molecule has 5 nitrogen and oxygen atoms in total. The minimum Gasteiger partial charge on any atom is -0.325 e. The zero-order chi connectivity index (χ0) is 14.8. The molecule has 0 amide bonds. The summed E-state index contributed by atoms with van der Waals surface area (Å²) in [5, 5.41) is 0. The average Bonchev–Trinajstić information content (AvgIpc) is 2.48. The van der Waals surface area contributed by atoms with Gasteiger partial charge in [0.05, 0.1) is 5.69 Å². The van der Waals surface area contributed by atoms with Gasteiger partial charge in [0.1, 0.15) is 4.90 Å². The summed E-state index contributed by atoms with van der Waals surface area (Å²) in [6.45, 7) is 5.89. The van der Waals surface area contributed by atoms with Crippen molar-refractivity contribution in [3.05, 3.63) is 24.0 Å². The van der Waals surface area contributed by atoms with Gasteiger partial charge >= 0.3 is 0 Å². The Hall–Kier alpha value is -0.980. The highest BCUT2D eigenvalue weighted by molar-refractivity contribution is 7.89. The van der Waals surface area contributed by atoms with E-state index in [1.165, 1.54) is 6.20 Å². The maximum atomic E-state index is 12.5. The van der Waals surface area contributed by atoms with Crippen LogP contribution in [0.4, 0.5) is 0 Å². The van der Waals surface area contributed by atoms with Gasteiger partial charge in [0.25, 0.3) is 0 Å². The normalized spacial score (nSPS) is 19.9. The van der Waals surface area contributed by atoms with Gasteiger partial charge in [0.15, 0.2) is 0 Å². The molecule has 6 heteroatoms. The van der Waals surface area contributed by atoms with Crippen molar-refractivity contribution in [2.75, 3.05) is 13.1 Å². The number of nitrogens with zero attached hydrogens (tertiary/aromatic N) is 2. The first-order chi connectivity index (χ1) is 9.41. The fourth-order valence-corrected chi connectivity index (χ4v) is 3.84. The van der Waals surface area contributed by atoms with Crippen LogP contribution in [0.15, 0.2) is 23.2 Å². The van der Waals surface area contributed by atoms with Gasteiger partial charge in [0.2, 0.25) is 10.0 Å². The fourth-order valence-electron chi connectivity index (χ4n) is 2.45. The highest BCUT2D eigenvalue weighted by atomic mass is 32.2. The van der Waals surface area contributed by atoms with Crippen molar-refractivity contribution in [2.45, 2.75) is 44.6 Å². The van der Waals surface area contributed by atoms with Crippen LogP contribution in [0, 0.1) is 5.41 Å². The van der Waals surface area contributed by atoms with Crippen LogP contribution in [0.5, 0.6) is 0 Å². The summed E-state index contributed by atoms with van der Waals surface area (Å²) in [6.07, 6.45) is 4.33. The first kappa shape index (κ1) is 15.4. The molecule has 1 saturated heterocycles. The quantitative estimate of drug-likeness (QED) is 0.918. The van der Waals surface area contributed by atoms with E-state index in [9.17, 15) is 8.42 Å². The minimum absolute atomic E-state index is 0.259. The third-order valence-electron chi connectivity index (χ3n) is 4.43. The molecule has 0 radical (unpaired) electrons. The number of hydrogen-bond donors (Lipinski definition) is 1. The van der Waals surface area contributed by atoms with Crippen molar-refractivity contribution in [1.82, 2.24) is 9.29 Å². The molecule has 1 aromatic rings. The summed E-state index contributed by atoms with van der Waals surface area (Å²) in [5.41, 5.74) is 6.44. The lowest BCUT2D eigenvalue weighted by Crippen LogP contribution is -2.41. The molecule has 1 fully saturated rings. The van der Waals surface area contributed by atoms with Crippen LogP contribution in [0.25, 0.3) is 0 Å². The Morgan fingerprint density at radius 2 is 2.00 bits per heavy atom. The molecule has 0 atom stereocenters. The van der Waals surface area contributed by atoms with Crippen LogP contribution in [0.2, 0.25) is 0 Å². The van der Waals surface area contributed by atoms with Gasteiger partial charge in [-0.3, -0.25) is 4.98 Å². The molecule has 20 heavy (non-hydrogen) atoms. The molecule has 2 rings (SSSR count). The van der Waals surface area contributed by atoms with Gasteiger partial charge in [-0.05, 0) is 30.4 Å². The van der Waals surface area contributed by atoms with Crippen LogP contribution in [-0.4, -0.2) is 30.8 Å². The van der Waals surface area contributed by atoms with E-state index in [0.29, 0.717) is 25.3 Å². The maximum absolute atomic E-state index is 12.5. The monoisotopic (exact) mass is 297 g/mol. The number of pyridine rings is 1. The molecular weight excluding hydrogens is 274 g/mol. The zero-order valence-corrected chi connectivity index (χ0v) is 13.0. The predicted octanol–water partition coefficient (Wildman–Crippen LogP) is 1.74. The largest absolute Gasteiger partial charge is 0.325 e. The van der Waals surface area contributed by atoms with E-state index in [1.807, 2.05) is 0 Å². The van der Waals surface area contributed by atoms with E-state index in [0.717, 1.165) is 19.3 Å². The third-order valence-corrected chi connectivity index (χ3v) is 6.31. The molecule has 0 saturated carbocycles. The van der Waals surface area contributed by atoms with Crippen molar-refractivity contribution in [3.8, 4) is 0 Å². The Balaban J connectivity index is 2.15. The Morgan fingerprint density at radius 1 is 1.35 bits per heavy atom. The highest BCUT2D eigenvalue weighted by Gasteiger charge is 2.34. The van der Waals surface area contributed by atoms with E-state index in [4.69, 9.17) is 5.73 Å². The number of aromatic nitrogens is 1. The molecule has 112 valence electrons. The van der Waals surface area contributed by atoms with Crippen molar-refractivity contribution in [1.29, 1.82) is 0 Å². The van der Waals surface area contributed by atoms with Gasteiger partial charge < -0.3 is 5.73 Å². The molecule has 0 aromatic carbocycles. The van der Waals surface area contributed by atoms with E-state index < -0.39 is 10.0 Å². The molecule has 1 aromatic heterocycles. The number of sulfonamides is 1. The second-order valence-electron chi connectivity index (χ2n) is 5.76. The smallest absolute Gasteiger partial charge is 0.244 e. The summed E-state index contributed by atoms with van der Waals surface area (Å²) in [6, 6.07) is 3.27. The second kappa shape index (κ2) is 5.79. The Labute approximate surface area is 121 Å². The Morgan fingerprint density at radius 3 is 2.45 bits per heavy atom. The van der Waals surface area contributed by atoms with Crippen LogP contribution in [-0.2, 0) is 16.6 Å². The van der Waals surface area contributed by atoms with Crippen LogP contribution >= 0.6 is 0 Å². The number of piperidine rings is 1. The van der Waals surface area contributed by atoms with Crippen molar-refractivity contribution >= 4 is 10.0 Å². The van der Waals surface area contributed by atoms with Crippen LogP contribution in [0.3, 0.4) is 0 Å². The third kappa shape index (κ3) is 3.02. The zero-order valence-electron chi connectivity index (χ0n) is 12.2. The molecule has 2 heterocycles. The van der Waals surface area contributed by atoms with Crippen molar-refractivity contribution < 1.29 is 8.42 Å². The summed E-state index contributed by atoms with van der Waals surface area (Å²) in [5.74, 6) is 0. The van der Waals surface area contributed by atoms with Gasteiger partial charge in [-0.2, -0.15) is 4.31 Å². The summed E-state index contributed by atoms with van der Waals surface area (Å²) in [4.78, 5) is 4.33. The minimum atomic E-state index is -3.42. The lowest BCUT2D eigenvalue weighted by atomic mass is 9.79. The Kier molecular flexibility index (Phi) is 4.46. The lowest BCUT2D eigenvalue weighted by molar-refractivity contribution is 0.169. The van der Waals surface area contributed by atoms with Gasteiger partial charge in [-0.25, -0.2) is 8.42 Å². The first-order valence-corrected chi connectivity index (χ1v) is 8.50. The standard InChI is InChI=1S/C14H23N3O2S/c1-3-14(2)6-8-17(9-7-14)20(18,19)13-5-4-12(10-15)16-11-13/h4-5,11H,3,6-10,15H2,1-2H3. The number of nitrogens with two attached hydrogens (primary N) is 1. The molecule has 0 bridgehead atoms. The van der Waals surface area contributed by atoms with Crippen LogP contribution < -0.4 is 5.73 Å². The topological polar surface area (TPSA) is 76.3 Å². The first-order valence-electron chi connectivity index (χ1n) is 7.06. The van der Waals surface area contributed by atoms with Gasteiger partial charge in [-0.15, -0.1) is 0 Å². The summed E-state index contributed by atoms with van der Waals surface area (Å²) in [7, 11) is -3.42. The molecule has 0 spiro atoms. The molecule has 0 aliphatic carbocycles. The SMILES string of the molecule is CCC1(C)CCN(S(=O)(=O)c2ccc(CN)nc2)CC1. The number of hydrogen-bond acceptors (Lipinski definition) is 4. The summed E-state index contributed by atoms with van der Waals surface area (Å²) >= 11 is 0.